The average molecular weight is 277 g/mol. The Hall–Kier alpha value is -1.13. The summed E-state index contributed by atoms with van der Waals surface area (Å²) in [5.74, 6) is 0. The molecule has 19 heavy (non-hydrogen) atoms. The Morgan fingerprint density at radius 2 is 2.21 bits per heavy atom. The maximum Gasteiger partial charge on any atom is 0.0624 e. The van der Waals surface area contributed by atoms with Gasteiger partial charge in [-0.15, -0.1) is 11.3 Å². The van der Waals surface area contributed by atoms with Gasteiger partial charge in [0, 0.05) is 29.6 Å². The van der Waals surface area contributed by atoms with Crippen molar-refractivity contribution in [3.05, 3.63) is 39.3 Å². The predicted octanol–water partition coefficient (Wildman–Crippen LogP) is 3.34. The van der Waals surface area contributed by atoms with Crippen LogP contribution in [0.25, 0.3) is 0 Å². The number of thiophene rings is 1. The molecule has 0 aromatic carbocycles. The first-order valence-corrected chi connectivity index (χ1v) is 7.84. The minimum absolute atomic E-state index is 0.381. The van der Waals surface area contributed by atoms with E-state index in [1.165, 1.54) is 21.8 Å². The fourth-order valence-electron chi connectivity index (χ4n) is 2.40. The highest BCUT2D eigenvalue weighted by atomic mass is 32.1. The third-order valence-corrected chi connectivity index (χ3v) is 4.69. The minimum atomic E-state index is 0.381. The molecule has 0 aliphatic carbocycles. The van der Waals surface area contributed by atoms with Crippen LogP contribution in [0.15, 0.2) is 17.5 Å². The van der Waals surface area contributed by atoms with Gasteiger partial charge < -0.3 is 5.32 Å². The molecule has 0 amide bonds. The van der Waals surface area contributed by atoms with Crippen molar-refractivity contribution in [2.75, 3.05) is 7.05 Å². The number of aryl methyl sites for hydroxylation is 3. The summed E-state index contributed by atoms with van der Waals surface area (Å²) in [6.45, 7) is 7.44. The monoisotopic (exact) mass is 277 g/mol. The summed E-state index contributed by atoms with van der Waals surface area (Å²) < 4.78 is 2.13. The summed E-state index contributed by atoms with van der Waals surface area (Å²) in [7, 11) is 2.04. The Morgan fingerprint density at radius 3 is 2.74 bits per heavy atom. The van der Waals surface area contributed by atoms with Crippen LogP contribution in [0.5, 0.6) is 0 Å². The molecule has 0 saturated carbocycles. The molecule has 0 fully saturated rings. The van der Waals surface area contributed by atoms with E-state index in [2.05, 4.69) is 53.4 Å². The van der Waals surface area contributed by atoms with Crippen LogP contribution in [0, 0.1) is 6.92 Å². The first-order valence-electron chi connectivity index (χ1n) is 6.96. The van der Waals surface area contributed by atoms with E-state index in [9.17, 15) is 0 Å². The first kappa shape index (κ1) is 14.3. The molecule has 104 valence electrons. The van der Waals surface area contributed by atoms with Gasteiger partial charge in [-0.1, -0.05) is 6.92 Å². The summed E-state index contributed by atoms with van der Waals surface area (Å²) in [6, 6.07) is 4.82. The van der Waals surface area contributed by atoms with Crippen LogP contribution in [0.1, 0.15) is 41.7 Å². The van der Waals surface area contributed by atoms with Crippen molar-refractivity contribution in [3.63, 3.8) is 0 Å². The molecule has 1 unspecified atom stereocenters. The number of nitrogens with zero attached hydrogens (tertiary/aromatic N) is 2. The second kappa shape index (κ2) is 6.35. The molecular weight excluding hydrogens is 254 g/mol. The number of rotatable bonds is 6. The Labute approximate surface area is 119 Å². The lowest BCUT2D eigenvalue weighted by atomic mass is 10.1. The van der Waals surface area contributed by atoms with Crippen LogP contribution in [0.4, 0.5) is 0 Å². The molecule has 1 atom stereocenters. The smallest absolute Gasteiger partial charge is 0.0624 e. The fraction of sp³-hybridized carbons (Fsp3) is 0.533. The zero-order chi connectivity index (χ0) is 13.8. The van der Waals surface area contributed by atoms with Gasteiger partial charge >= 0.3 is 0 Å². The van der Waals surface area contributed by atoms with E-state index in [1.54, 1.807) is 0 Å². The maximum absolute atomic E-state index is 4.63. The molecule has 2 aromatic rings. The van der Waals surface area contributed by atoms with Crippen LogP contribution < -0.4 is 5.32 Å². The van der Waals surface area contributed by atoms with Gasteiger partial charge in [-0.25, -0.2) is 0 Å². The highest BCUT2D eigenvalue weighted by molar-refractivity contribution is 7.10. The lowest BCUT2D eigenvalue weighted by Gasteiger charge is -2.16. The maximum atomic E-state index is 4.63. The Balaban J connectivity index is 2.23. The Kier molecular flexibility index (Phi) is 4.77. The van der Waals surface area contributed by atoms with Crippen molar-refractivity contribution in [2.24, 2.45) is 0 Å². The molecule has 0 spiro atoms. The first-order chi connectivity index (χ1) is 9.19. The van der Waals surface area contributed by atoms with E-state index in [0.29, 0.717) is 6.04 Å². The molecule has 0 bridgehead atoms. The van der Waals surface area contributed by atoms with Gasteiger partial charge in [0.15, 0.2) is 0 Å². The molecule has 4 heteroatoms. The topological polar surface area (TPSA) is 29.9 Å². The lowest BCUT2D eigenvalue weighted by molar-refractivity contribution is 0.544. The summed E-state index contributed by atoms with van der Waals surface area (Å²) >= 11 is 1.84. The van der Waals surface area contributed by atoms with Gasteiger partial charge in [0.2, 0.25) is 0 Å². The van der Waals surface area contributed by atoms with Crippen molar-refractivity contribution in [2.45, 2.75) is 46.2 Å². The molecule has 0 saturated heterocycles. The van der Waals surface area contributed by atoms with E-state index < -0.39 is 0 Å². The van der Waals surface area contributed by atoms with Gasteiger partial charge in [-0.3, -0.25) is 4.68 Å². The van der Waals surface area contributed by atoms with Crippen LogP contribution in [0.2, 0.25) is 0 Å². The Bertz CT molecular complexity index is 527. The van der Waals surface area contributed by atoms with E-state index >= 15 is 0 Å². The molecule has 3 nitrogen and oxygen atoms in total. The van der Waals surface area contributed by atoms with Crippen molar-refractivity contribution in [1.29, 1.82) is 0 Å². The van der Waals surface area contributed by atoms with E-state index in [-0.39, 0.29) is 0 Å². The van der Waals surface area contributed by atoms with Crippen LogP contribution in [0.3, 0.4) is 0 Å². The van der Waals surface area contributed by atoms with Gasteiger partial charge in [0.25, 0.3) is 0 Å². The van der Waals surface area contributed by atoms with Crippen LogP contribution in [-0.2, 0) is 19.4 Å². The number of likely N-dealkylation sites (N-methyl/N-ethyl adjacent to an activating group) is 1. The fourth-order valence-corrected chi connectivity index (χ4v) is 3.44. The summed E-state index contributed by atoms with van der Waals surface area (Å²) in [5, 5.41) is 10.2. The van der Waals surface area contributed by atoms with E-state index in [4.69, 9.17) is 0 Å². The third kappa shape index (κ3) is 3.07. The Morgan fingerprint density at radius 1 is 1.42 bits per heavy atom. The molecule has 2 rings (SSSR count). The highest BCUT2D eigenvalue weighted by Gasteiger charge is 2.16. The van der Waals surface area contributed by atoms with Gasteiger partial charge in [0.05, 0.1) is 5.69 Å². The molecular formula is C15H23N3S. The van der Waals surface area contributed by atoms with E-state index in [0.717, 1.165) is 19.4 Å². The van der Waals surface area contributed by atoms with Gasteiger partial charge in [0.1, 0.15) is 0 Å². The van der Waals surface area contributed by atoms with E-state index in [1.807, 2.05) is 18.4 Å². The number of nitrogens with one attached hydrogen (secondary N) is 1. The zero-order valence-corrected chi connectivity index (χ0v) is 13.0. The summed E-state index contributed by atoms with van der Waals surface area (Å²) in [4.78, 5) is 1.43. The number of hydrogen-bond donors (Lipinski definition) is 1. The number of aromatic nitrogens is 2. The van der Waals surface area contributed by atoms with Crippen molar-refractivity contribution in [3.8, 4) is 0 Å². The second-order valence-corrected chi connectivity index (χ2v) is 5.76. The summed E-state index contributed by atoms with van der Waals surface area (Å²) in [5.41, 5.74) is 3.89. The SMILES string of the molecule is CCc1cc(CC(NC)c2sccc2C)n(CC)n1. The van der Waals surface area contributed by atoms with Crippen LogP contribution >= 0.6 is 11.3 Å². The van der Waals surface area contributed by atoms with Crippen LogP contribution in [-0.4, -0.2) is 16.8 Å². The zero-order valence-electron chi connectivity index (χ0n) is 12.2. The second-order valence-electron chi connectivity index (χ2n) is 4.81. The van der Waals surface area contributed by atoms with Gasteiger partial charge in [-0.05, 0) is 50.4 Å². The molecule has 0 aliphatic rings. The molecule has 2 heterocycles. The predicted molar refractivity (Wildman–Crippen MR) is 81.8 cm³/mol. The molecule has 1 N–H and O–H groups in total. The average Bonchev–Trinajstić information content (AvgIpc) is 3.01. The highest BCUT2D eigenvalue weighted by Crippen LogP contribution is 2.26. The normalized spacial score (nSPS) is 12.8. The molecule has 0 aliphatic heterocycles. The van der Waals surface area contributed by atoms with Crippen molar-refractivity contribution in [1.82, 2.24) is 15.1 Å². The van der Waals surface area contributed by atoms with Crippen molar-refractivity contribution >= 4 is 11.3 Å². The summed E-state index contributed by atoms with van der Waals surface area (Å²) in [6.07, 6.45) is 2.00. The van der Waals surface area contributed by atoms with Gasteiger partial charge in [-0.2, -0.15) is 5.10 Å². The molecule has 0 radical (unpaired) electrons. The minimum Gasteiger partial charge on any atom is -0.312 e. The quantitative estimate of drug-likeness (QED) is 0.877. The third-order valence-electron chi connectivity index (χ3n) is 3.56. The molecule has 2 aromatic heterocycles. The largest absolute Gasteiger partial charge is 0.312 e. The lowest BCUT2D eigenvalue weighted by Crippen LogP contribution is -2.20. The number of hydrogen-bond acceptors (Lipinski definition) is 3. The van der Waals surface area contributed by atoms with Crippen molar-refractivity contribution < 1.29 is 0 Å². The standard InChI is InChI=1S/C15H23N3S/c1-5-12-9-13(18(6-2)17-12)10-14(16-4)15-11(3)7-8-19-15/h7-9,14,16H,5-6,10H2,1-4H3.